The largest absolute Gasteiger partial charge is 0.462 e. The van der Waals surface area contributed by atoms with E-state index in [2.05, 4.69) is 0 Å². The Morgan fingerprint density at radius 2 is 1.50 bits per heavy atom. The molecule has 0 spiro atoms. The molecule has 4 heteroatoms. The summed E-state index contributed by atoms with van der Waals surface area (Å²) in [6.45, 7) is 2.85. The van der Waals surface area contributed by atoms with E-state index < -0.39 is 0 Å². The van der Waals surface area contributed by atoms with Crippen molar-refractivity contribution in [2.45, 2.75) is 45.4 Å². The summed E-state index contributed by atoms with van der Waals surface area (Å²) in [4.78, 5) is 23.7. The van der Waals surface area contributed by atoms with Gasteiger partial charge in [-0.25, -0.2) is 9.59 Å². The average molecular weight is 304 g/mol. The third kappa shape index (κ3) is 4.86. The molecule has 0 bridgehead atoms. The van der Waals surface area contributed by atoms with Crippen LogP contribution in [0.4, 0.5) is 0 Å². The first-order valence-corrected chi connectivity index (χ1v) is 8.15. The van der Waals surface area contributed by atoms with Gasteiger partial charge in [0.25, 0.3) is 0 Å². The second-order valence-electron chi connectivity index (χ2n) is 5.82. The van der Waals surface area contributed by atoms with Crippen LogP contribution in [0.3, 0.4) is 0 Å². The molecule has 120 valence electrons. The topological polar surface area (TPSA) is 52.6 Å². The highest BCUT2D eigenvalue weighted by atomic mass is 16.5. The van der Waals surface area contributed by atoms with E-state index in [1.807, 2.05) is 6.92 Å². The van der Waals surface area contributed by atoms with Gasteiger partial charge in [-0.2, -0.15) is 0 Å². The summed E-state index contributed by atoms with van der Waals surface area (Å²) in [7, 11) is 0. The molecule has 0 atom stereocenters. The predicted octanol–water partition coefficient (Wildman–Crippen LogP) is 3.99. The zero-order chi connectivity index (χ0) is 15.8. The van der Waals surface area contributed by atoms with E-state index in [1.54, 1.807) is 24.3 Å². The Balaban J connectivity index is 1.83. The van der Waals surface area contributed by atoms with Crippen molar-refractivity contribution >= 4 is 11.9 Å². The van der Waals surface area contributed by atoms with Gasteiger partial charge in [-0.05, 0) is 49.4 Å². The summed E-state index contributed by atoms with van der Waals surface area (Å²) in [5, 5.41) is 0. The molecule has 0 aromatic heterocycles. The van der Waals surface area contributed by atoms with Gasteiger partial charge in [-0.1, -0.05) is 26.2 Å². The third-order valence-electron chi connectivity index (χ3n) is 3.97. The van der Waals surface area contributed by atoms with Crippen molar-refractivity contribution in [2.75, 3.05) is 13.2 Å². The molecule has 4 nitrogen and oxygen atoms in total. The Bertz CT molecular complexity index is 486. The lowest BCUT2D eigenvalue weighted by molar-refractivity contribution is 0.0408. The molecular weight excluding hydrogens is 280 g/mol. The van der Waals surface area contributed by atoms with Gasteiger partial charge in [0, 0.05) is 0 Å². The average Bonchev–Trinajstić information content (AvgIpc) is 2.58. The van der Waals surface area contributed by atoms with Crippen LogP contribution in [0.1, 0.15) is 66.2 Å². The lowest BCUT2D eigenvalue weighted by Crippen LogP contribution is -2.17. The van der Waals surface area contributed by atoms with Crippen LogP contribution < -0.4 is 0 Å². The number of carbonyl (C=O) groups excluding carboxylic acids is 2. The number of hydrogen-bond donors (Lipinski definition) is 0. The molecule has 0 radical (unpaired) electrons. The molecule has 0 saturated heterocycles. The van der Waals surface area contributed by atoms with E-state index in [0.717, 1.165) is 19.3 Å². The Labute approximate surface area is 131 Å². The van der Waals surface area contributed by atoms with Crippen LogP contribution in [0.5, 0.6) is 0 Å². The molecular formula is C18H24O4. The minimum atomic E-state index is -0.357. The van der Waals surface area contributed by atoms with E-state index in [9.17, 15) is 9.59 Å². The van der Waals surface area contributed by atoms with Crippen LogP contribution in [0, 0.1) is 5.92 Å². The lowest BCUT2D eigenvalue weighted by Gasteiger charge is -2.21. The fourth-order valence-electron chi connectivity index (χ4n) is 2.65. The highest BCUT2D eigenvalue weighted by molar-refractivity contribution is 5.93. The molecule has 22 heavy (non-hydrogen) atoms. The summed E-state index contributed by atoms with van der Waals surface area (Å²) in [5.41, 5.74) is 0.931. The quantitative estimate of drug-likeness (QED) is 0.746. The molecule has 1 saturated carbocycles. The van der Waals surface area contributed by atoms with Crippen molar-refractivity contribution in [3.63, 3.8) is 0 Å². The van der Waals surface area contributed by atoms with E-state index in [1.165, 1.54) is 19.3 Å². The smallest absolute Gasteiger partial charge is 0.338 e. The molecule has 0 aliphatic heterocycles. The van der Waals surface area contributed by atoms with Crippen molar-refractivity contribution in [3.8, 4) is 0 Å². The maximum atomic E-state index is 12.0. The summed E-state index contributed by atoms with van der Waals surface area (Å²) in [5.74, 6) is -0.177. The molecule has 0 unspecified atom stereocenters. The molecule has 1 fully saturated rings. The first-order valence-electron chi connectivity index (χ1n) is 8.15. The van der Waals surface area contributed by atoms with Gasteiger partial charge in [0.15, 0.2) is 0 Å². The van der Waals surface area contributed by atoms with Crippen LogP contribution in [-0.2, 0) is 9.47 Å². The highest BCUT2D eigenvalue weighted by Crippen LogP contribution is 2.24. The molecule has 2 rings (SSSR count). The Morgan fingerprint density at radius 3 is 2.05 bits per heavy atom. The molecule has 1 aliphatic rings. The third-order valence-corrected chi connectivity index (χ3v) is 3.97. The maximum absolute atomic E-state index is 12.0. The Kier molecular flexibility index (Phi) is 6.44. The lowest BCUT2D eigenvalue weighted by atomic mass is 9.90. The zero-order valence-electron chi connectivity index (χ0n) is 13.2. The van der Waals surface area contributed by atoms with Crippen molar-refractivity contribution < 1.29 is 19.1 Å². The fraction of sp³-hybridized carbons (Fsp3) is 0.556. The van der Waals surface area contributed by atoms with Crippen molar-refractivity contribution in [3.05, 3.63) is 35.4 Å². The molecule has 1 aliphatic carbocycles. The van der Waals surface area contributed by atoms with Gasteiger partial charge in [-0.15, -0.1) is 0 Å². The van der Waals surface area contributed by atoms with Crippen LogP contribution >= 0.6 is 0 Å². The number of benzene rings is 1. The molecule has 0 N–H and O–H groups in total. The summed E-state index contributed by atoms with van der Waals surface area (Å²) < 4.78 is 10.4. The first kappa shape index (κ1) is 16.5. The van der Waals surface area contributed by atoms with Crippen LogP contribution in [0.25, 0.3) is 0 Å². The normalized spacial score (nSPS) is 15.3. The van der Waals surface area contributed by atoms with Crippen molar-refractivity contribution in [1.82, 2.24) is 0 Å². The Hall–Kier alpha value is -1.84. The molecule has 0 amide bonds. The van der Waals surface area contributed by atoms with E-state index in [-0.39, 0.29) is 11.9 Å². The highest BCUT2D eigenvalue weighted by Gasteiger charge is 2.16. The van der Waals surface area contributed by atoms with Crippen LogP contribution in [0.15, 0.2) is 24.3 Å². The Morgan fingerprint density at radius 1 is 0.955 bits per heavy atom. The van der Waals surface area contributed by atoms with Gasteiger partial charge in [0.05, 0.1) is 24.3 Å². The van der Waals surface area contributed by atoms with Gasteiger partial charge < -0.3 is 9.47 Å². The summed E-state index contributed by atoms with van der Waals surface area (Å²) in [6, 6.07) is 6.45. The van der Waals surface area contributed by atoms with Crippen molar-refractivity contribution in [2.24, 2.45) is 5.92 Å². The summed E-state index contributed by atoms with van der Waals surface area (Å²) in [6.07, 6.45) is 6.84. The van der Waals surface area contributed by atoms with Crippen LogP contribution in [-0.4, -0.2) is 25.2 Å². The second kappa shape index (κ2) is 8.57. The maximum Gasteiger partial charge on any atom is 0.338 e. The number of hydrogen-bond acceptors (Lipinski definition) is 4. The van der Waals surface area contributed by atoms with E-state index in [4.69, 9.17) is 9.47 Å². The monoisotopic (exact) mass is 304 g/mol. The first-order chi connectivity index (χ1) is 10.7. The van der Waals surface area contributed by atoms with Gasteiger partial charge in [-0.3, -0.25) is 0 Å². The number of esters is 2. The minimum Gasteiger partial charge on any atom is -0.462 e. The van der Waals surface area contributed by atoms with E-state index in [0.29, 0.717) is 30.3 Å². The second-order valence-corrected chi connectivity index (χ2v) is 5.82. The fourth-order valence-corrected chi connectivity index (χ4v) is 2.65. The van der Waals surface area contributed by atoms with Gasteiger partial charge in [0.2, 0.25) is 0 Å². The predicted molar refractivity (Wildman–Crippen MR) is 83.9 cm³/mol. The van der Waals surface area contributed by atoms with Gasteiger partial charge >= 0.3 is 11.9 Å². The zero-order valence-corrected chi connectivity index (χ0v) is 13.2. The number of carbonyl (C=O) groups is 2. The SMILES string of the molecule is CCCOC(=O)c1ccc(C(=O)OCC2CCCCC2)cc1. The molecule has 1 aromatic rings. The number of ether oxygens (including phenoxy) is 2. The summed E-state index contributed by atoms with van der Waals surface area (Å²) >= 11 is 0. The van der Waals surface area contributed by atoms with Crippen LogP contribution in [0.2, 0.25) is 0 Å². The number of rotatable bonds is 6. The minimum absolute atomic E-state index is 0.320. The standard InChI is InChI=1S/C18H24O4/c1-2-12-21-17(19)15-8-10-16(11-9-15)18(20)22-13-14-6-4-3-5-7-14/h8-11,14H,2-7,12-13H2,1H3. The van der Waals surface area contributed by atoms with E-state index >= 15 is 0 Å². The molecule has 0 heterocycles. The molecule has 1 aromatic carbocycles. The van der Waals surface area contributed by atoms with Gasteiger partial charge in [0.1, 0.15) is 0 Å². The van der Waals surface area contributed by atoms with Crippen molar-refractivity contribution in [1.29, 1.82) is 0 Å².